The summed E-state index contributed by atoms with van der Waals surface area (Å²) in [5, 5.41) is 2.37. The van der Waals surface area contributed by atoms with E-state index in [1.54, 1.807) is 0 Å². The molecule has 0 unspecified atom stereocenters. The van der Waals surface area contributed by atoms with E-state index in [2.05, 4.69) is 12.1 Å². The first kappa shape index (κ1) is 10.3. The van der Waals surface area contributed by atoms with Gasteiger partial charge in [0.2, 0.25) is 0 Å². The maximum Gasteiger partial charge on any atom is 0.142 e. The van der Waals surface area contributed by atoms with Crippen molar-refractivity contribution in [2.45, 2.75) is 12.7 Å². The van der Waals surface area contributed by atoms with E-state index in [-0.39, 0.29) is 0 Å². The Morgan fingerprint density at radius 3 is 1.65 bits per heavy atom. The van der Waals surface area contributed by atoms with Crippen LogP contribution in [-0.4, -0.2) is 4.57 Å². The van der Waals surface area contributed by atoms with E-state index in [9.17, 15) is 0 Å². The number of nitrogens with two attached hydrogens (primary N) is 2. The van der Waals surface area contributed by atoms with Crippen LogP contribution in [0.5, 0.6) is 0 Å². The highest BCUT2D eigenvalue weighted by atomic mass is 15.3. The van der Waals surface area contributed by atoms with Crippen LogP contribution in [0.25, 0.3) is 21.8 Å². The Labute approximate surface area is 99.6 Å². The topological polar surface area (TPSA) is 57.0 Å². The van der Waals surface area contributed by atoms with E-state index in [0.717, 1.165) is 11.0 Å². The minimum Gasteiger partial charge on any atom is -0.309 e. The van der Waals surface area contributed by atoms with Crippen LogP contribution in [0, 0.1) is 0 Å². The van der Waals surface area contributed by atoms with Crippen LogP contribution in [0.15, 0.2) is 48.5 Å². The smallest absolute Gasteiger partial charge is 0.142 e. The zero-order valence-corrected chi connectivity index (χ0v) is 9.72. The van der Waals surface area contributed by atoms with E-state index in [4.69, 9.17) is 11.5 Å². The van der Waals surface area contributed by atoms with Crippen LogP contribution in [0.3, 0.4) is 0 Å². The lowest BCUT2D eigenvalue weighted by Gasteiger charge is -2.23. The third-order valence-corrected chi connectivity index (χ3v) is 3.06. The Bertz CT molecular complexity index is 636. The molecule has 0 bridgehead atoms. The van der Waals surface area contributed by atoms with Crippen molar-refractivity contribution in [3.63, 3.8) is 0 Å². The van der Waals surface area contributed by atoms with Crippen LogP contribution in [0.2, 0.25) is 0 Å². The number of aromatic nitrogens is 1. The molecule has 3 aromatic rings. The van der Waals surface area contributed by atoms with E-state index in [0.29, 0.717) is 0 Å². The second-order valence-corrected chi connectivity index (χ2v) is 4.60. The van der Waals surface area contributed by atoms with Gasteiger partial charge in [-0.25, -0.2) is 0 Å². The number of para-hydroxylation sites is 2. The molecule has 1 heterocycles. The molecule has 0 saturated carbocycles. The molecule has 4 N–H and O–H groups in total. The van der Waals surface area contributed by atoms with Gasteiger partial charge in [0.15, 0.2) is 0 Å². The summed E-state index contributed by atoms with van der Waals surface area (Å²) in [6, 6.07) is 16.4. The van der Waals surface area contributed by atoms with Gasteiger partial charge >= 0.3 is 0 Å². The maximum absolute atomic E-state index is 6.07. The summed E-state index contributed by atoms with van der Waals surface area (Å²) >= 11 is 0. The third kappa shape index (κ3) is 1.44. The van der Waals surface area contributed by atoms with Gasteiger partial charge in [-0.1, -0.05) is 36.4 Å². The predicted octanol–water partition coefficient (Wildman–Crippen LogP) is 2.34. The lowest BCUT2D eigenvalue weighted by atomic mass is 10.2. The number of nitrogens with zero attached hydrogens (tertiary/aromatic N) is 1. The molecule has 0 aliphatic rings. The molecule has 0 fully saturated rings. The van der Waals surface area contributed by atoms with E-state index in [1.807, 2.05) is 47.9 Å². The largest absolute Gasteiger partial charge is 0.309 e. The van der Waals surface area contributed by atoms with Gasteiger partial charge in [0.1, 0.15) is 5.79 Å². The van der Waals surface area contributed by atoms with Gasteiger partial charge in [0.05, 0.1) is 11.0 Å². The van der Waals surface area contributed by atoms with Crippen LogP contribution in [0.1, 0.15) is 6.92 Å². The van der Waals surface area contributed by atoms with Crippen molar-refractivity contribution in [2.24, 2.45) is 11.5 Å². The lowest BCUT2D eigenvalue weighted by Crippen LogP contribution is -2.48. The monoisotopic (exact) mass is 225 g/mol. The Balaban J connectivity index is 2.60. The van der Waals surface area contributed by atoms with E-state index in [1.165, 1.54) is 10.8 Å². The molecule has 3 nitrogen and oxygen atoms in total. The molecule has 0 radical (unpaired) electrons. The van der Waals surface area contributed by atoms with Crippen molar-refractivity contribution < 1.29 is 0 Å². The number of hydrogen-bond acceptors (Lipinski definition) is 2. The maximum atomic E-state index is 6.07. The number of benzene rings is 2. The summed E-state index contributed by atoms with van der Waals surface area (Å²) in [5.74, 6) is -0.900. The fourth-order valence-electron chi connectivity index (χ4n) is 2.44. The van der Waals surface area contributed by atoms with Crippen LogP contribution in [-0.2, 0) is 5.79 Å². The minimum absolute atomic E-state index is 0.900. The van der Waals surface area contributed by atoms with Crippen LogP contribution < -0.4 is 11.5 Å². The molecule has 2 aromatic carbocycles. The summed E-state index contributed by atoms with van der Waals surface area (Å²) in [7, 11) is 0. The molecule has 86 valence electrons. The average molecular weight is 225 g/mol. The fourth-order valence-corrected chi connectivity index (χ4v) is 2.44. The average Bonchev–Trinajstić information content (AvgIpc) is 2.63. The summed E-state index contributed by atoms with van der Waals surface area (Å²) in [5.41, 5.74) is 14.3. The van der Waals surface area contributed by atoms with Crippen molar-refractivity contribution in [1.29, 1.82) is 0 Å². The Hall–Kier alpha value is -1.84. The number of rotatable bonds is 1. The summed E-state index contributed by atoms with van der Waals surface area (Å²) in [6.07, 6.45) is 0. The summed E-state index contributed by atoms with van der Waals surface area (Å²) in [4.78, 5) is 0. The molecule has 0 spiro atoms. The molecule has 17 heavy (non-hydrogen) atoms. The SMILES string of the molecule is CC(N)(N)n1c2ccccc2c2ccccc21. The molecule has 0 aliphatic carbocycles. The summed E-state index contributed by atoms with van der Waals surface area (Å²) < 4.78 is 1.98. The van der Waals surface area contributed by atoms with Gasteiger partial charge in [0.25, 0.3) is 0 Å². The van der Waals surface area contributed by atoms with Gasteiger partial charge in [0, 0.05) is 10.8 Å². The molecular formula is C14H15N3. The highest BCUT2D eigenvalue weighted by Crippen LogP contribution is 2.30. The quantitative estimate of drug-likeness (QED) is 0.624. The molecule has 0 atom stereocenters. The molecule has 3 heteroatoms. The number of hydrogen-bond donors (Lipinski definition) is 2. The first-order chi connectivity index (χ1) is 8.09. The van der Waals surface area contributed by atoms with Gasteiger partial charge in [-0.3, -0.25) is 11.5 Å². The minimum atomic E-state index is -0.900. The second kappa shape index (κ2) is 3.32. The highest BCUT2D eigenvalue weighted by molar-refractivity contribution is 6.08. The van der Waals surface area contributed by atoms with Gasteiger partial charge < -0.3 is 4.57 Å². The van der Waals surface area contributed by atoms with Gasteiger partial charge in [-0.05, 0) is 19.1 Å². The molecule has 1 aromatic heterocycles. The zero-order valence-electron chi connectivity index (χ0n) is 9.72. The van der Waals surface area contributed by atoms with Crippen molar-refractivity contribution in [3.05, 3.63) is 48.5 Å². The van der Waals surface area contributed by atoms with Gasteiger partial charge in [-0.2, -0.15) is 0 Å². The Morgan fingerprint density at radius 2 is 1.24 bits per heavy atom. The van der Waals surface area contributed by atoms with E-state index < -0.39 is 5.79 Å². The standard InChI is InChI=1S/C14H15N3/c1-14(15,16)17-12-8-4-2-6-10(12)11-7-3-5-9-13(11)17/h2-9H,15-16H2,1H3. The van der Waals surface area contributed by atoms with Crippen molar-refractivity contribution >= 4 is 21.8 Å². The zero-order chi connectivity index (χ0) is 12.0. The van der Waals surface area contributed by atoms with Crippen LogP contribution >= 0.6 is 0 Å². The lowest BCUT2D eigenvalue weighted by molar-refractivity contribution is 0.369. The predicted molar refractivity (Wildman–Crippen MR) is 71.5 cm³/mol. The summed E-state index contributed by atoms with van der Waals surface area (Å²) in [6.45, 7) is 1.81. The van der Waals surface area contributed by atoms with Crippen molar-refractivity contribution in [1.82, 2.24) is 4.57 Å². The van der Waals surface area contributed by atoms with Crippen molar-refractivity contribution in [2.75, 3.05) is 0 Å². The van der Waals surface area contributed by atoms with Gasteiger partial charge in [-0.15, -0.1) is 0 Å². The Morgan fingerprint density at radius 1 is 0.824 bits per heavy atom. The molecule has 0 amide bonds. The number of fused-ring (bicyclic) bond motifs is 3. The van der Waals surface area contributed by atoms with E-state index >= 15 is 0 Å². The fraction of sp³-hybridized carbons (Fsp3) is 0.143. The molecule has 0 saturated heterocycles. The van der Waals surface area contributed by atoms with Crippen molar-refractivity contribution in [3.8, 4) is 0 Å². The Kier molecular flexibility index (Phi) is 2.02. The first-order valence-electron chi connectivity index (χ1n) is 5.65. The highest BCUT2D eigenvalue weighted by Gasteiger charge is 2.20. The molecule has 0 aliphatic heterocycles. The first-order valence-corrected chi connectivity index (χ1v) is 5.65. The third-order valence-electron chi connectivity index (χ3n) is 3.06. The molecule has 3 rings (SSSR count). The van der Waals surface area contributed by atoms with Crippen LogP contribution in [0.4, 0.5) is 0 Å². The second-order valence-electron chi connectivity index (χ2n) is 4.60. The normalized spacial score (nSPS) is 12.4. The molecular weight excluding hydrogens is 210 g/mol.